The van der Waals surface area contributed by atoms with Gasteiger partial charge in [-0.2, -0.15) is 0 Å². The summed E-state index contributed by atoms with van der Waals surface area (Å²) < 4.78 is 5.41. The molecule has 182 valence electrons. The highest BCUT2D eigenvalue weighted by Gasteiger charge is 2.20. The van der Waals surface area contributed by atoms with Crippen LogP contribution in [-0.2, 0) is 11.2 Å². The number of rotatable bonds is 6. The summed E-state index contributed by atoms with van der Waals surface area (Å²) in [4.78, 5) is 36.7. The van der Waals surface area contributed by atoms with Crippen molar-refractivity contribution in [3.8, 4) is 11.1 Å². The topological polar surface area (TPSA) is 84.4 Å². The lowest BCUT2D eigenvalue weighted by molar-refractivity contribution is 0.0635. The molecule has 0 saturated carbocycles. The molecule has 0 radical (unpaired) electrons. The summed E-state index contributed by atoms with van der Waals surface area (Å²) in [6.45, 7) is 7.35. The van der Waals surface area contributed by atoms with Crippen LogP contribution in [0.2, 0.25) is 0 Å². The fourth-order valence-electron chi connectivity index (χ4n) is 4.10. The average Bonchev–Trinajstić information content (AvgIpc) is 2.85. The van der Waals surface area contributed by atoms with E-state index < -0.39 is 11.7 Å². The van der Waals surface area contributed by atoms with Crippen molar-refractivity contribution >= 4 is 23.4 Å². The molecule has 1 amide bonds. The number of benzene rings is 2. The number of hydrogen-bond acceptors (Lipinski definition) is 6. The second-order valence-electron chi connectivity index (χ2n) is 9.77. The van der Waals surface area contributed by atoms with Crippen LogP contribution in [0.15, 0.2) is 60.9 Å². The predicted molar refractivity (Wildman–Crippen MR) is 138 cm³/mol. The third kappa shape index (κ3) is 6.66. The van der Waals surface area contributed by atoms with E-state index in [-0.39, 0.29) is 12.2 Å². The zero-order valence-electron chi connectivity index (χ0n) is 20.6. The number of hydrogen-bond donors (Lipinski definition) is 1. The number of nitrogens with zero attached hydrogens (tertiary/aromatic N) is 3. The van der Waals surface area contributed by atoms with Crippen molar-refractivity contribution in [2.24, 2.45) is 0 Å². The van der Waals surface area contributed by atoms with Crippen molar-refractivity contribution in [2.75, 3.05) is 23.3 Å². The van der Waals surface area contributed by atoms with Crippen LogP contribution >= 0.6 is 0 Å². The molecular weight excluding hydrogens is 440 g/mol. The first kappa shape index (κ1) is 24.4. The third-order valence-corrected chi connectivity index (χ3v) is 5.80. The molecule has 1 N–H and O–H groups in total. The first-order valence-electron chi connectivity index (χ1n) is 12.1. The number of ketones is 1. The lowest BCUT2D eigenvalue weighted by Crippen LogP contribution is -2.30. The van der Waals surface area contributed by atoms with Crippen molar-refractivity contribution in [3.05, 3.63) is 72.2 Å². The van der Waals surface area contributed by atoms with Gasteiger partial charge >= 0.3 is 6.09 Å². The first-order valence-corrected chi connectivity index (χ1v) is 12.1. The van der Waals surface area contributed by atoms with Crippen LogP contribution in [0.3, 0.4) is 0 Å². The normalized spacial score (nSPS) is 13.9. The molecule has 1 aromatic heterocycles. The van der Waals surface area contributed by atoms with Crippen LogP contribution in [0.5, 0.6) is 0 Å². The largest absolute Gasteiger partial charge is 0.444 e. The molecular formula is C28H32N4O3. The van der Waals surface area contributed by atoms with Crippen molar-refractivity contribution in [1.82, 2.24) is 9.97 Å². The van der Waals surface area contributed by atoms with Crippen LogP contribution in [0.1, 0.15) is 56.1 Å². The summed E-state index contributed by atoms with van der Waals surface area (Å²) in [6, 6.07) is 15.6. The number of aromatic nitrogens is 2. The SMILES string of the molecule is CC(C)(C)OC(=O)Nc1ccc(-c2ccccc2)cc1CC(=O)c1cnc(N2CCCCC2)cn1. The van der Waals surface area contributed by atoms with Gasteiger partial charge in [-0.15, -0.1) is 0 Å². The lowest BCUT2D eigenvalue weighted by Gasteiger charge is -2.27. The summed E-state index contributed by atoms with van der Waals surface area (Å²) in [5.41, 5.74) is 2.87. The van der Waals surface area contributed by atoms with E-state index in [1.54, 1.807) is 18.5 Å². The molecule has 1 fully saturated rings. The number of piperidine rings is 1. The number of anilines is 2. The minimum Gasteiger partial charge on any atom is -0.444 e. The molecule has 0 spiro atoms. The van der Waals surface area contributed by atoms with E-state index in [1.165, 1.54) is 6.42 Å². The van der Waals surface area contributed by atoms with Gasteiger partial charge in [0.2, 0.25) is 0 Å². The number of Topliss-reactive ketones (excluding diaryl/α,β-unsaturated/α-hetero) is 1. The molecule has 0 bridgehead atoms. The number of nitrogens with one attached hydrogen (secondary N) is 1. The average molecular weight is 473 g/mol. The van der Waals surface area contributed by atoms with Crippen LogP contribution in [0, 0.1) is 0 Å². The Morgan fingerprint density at radius 1 is 0.943 bits per heavy atom. The summed E-state index contributed by atoms with van der Waals surface area (Å²) in [7, 11) is 0. The zero-order chi connectivity index (χ0) is 24.8. The molecule has 3 aromatic rings. The van der Waals surface area contributed by atoms with Crippen molar-refractivity contribution < 1.29 is 14.3 Å². The maximum absolute atomic E-state index is 13.2. The summed E-state index contributed by atoms with van der Waals surface area (Å²) >= 11 is 0. The Morgan fingerprint density at radius 2 is 1.69 bits per heavy atom. The smallest absolute Gasteiger partial charge is 0.412 e. The van der Waals surface area contributed by atoms with Gasteiger partial charge in [-0.3, -0.25) is 10.1 Å². The predicted octanol–water partition coefficient (Wildman–Crippen LogP) is 5.91. The van der Waals surface area contributed by atoms with E-state index in [2.05, 4.69) is 20.2 Å². The van der Waals surface area contributed by atoms with Gasteiger partial charge in [0.25, 0.3) is 0 Å². The molecule has 2 heterocycles. The van der Waals surface area contributed by atoms with Gasteiger partial charge in [0.05, 0.1) is 12.4 Å². The van der Waals surface area contributed by atoms with Gasteiger partial charge < -0.3 is 9.64 Å². The van der Waals surface area contributed by atoms with E-state index in [4.69, 9.17) is 4.74 Å². The zero-order valence-corrected chi connectivity index (χ0v) is 20.6. The molecule has 35 heavy (non-hydrogen) atoms. The molecule has 0 atom stereocenters. The Hall–Kier alpha value is -3.74. The van der Waals surface area contributed by atoms with Gasteiger partial charge in [0.15, 0.2) is 5.78 Å². The number of ether oxygens (including phenoxy) is 1. The molecule has 0 aliphatic carbocycles. The van der Waals surface area contributed by atoms with Crippen molar-refractivity contribution in [3.63, 3.8) is 0 Å². The van der Waals surface area contributed by atoms with Gasteiger partial charge in [-0.25, -0.2) is 14.8 Å². The third-order valence-electron chi connectivity index (χ3n) is 5.80. The van der Waals surface area contributed by atoms with E-state index in [1.807, 2.05) is 63.2 Å². The van der Waals surface area contributed by atoms with Crippen LogP contribution in [0.4, 0.5) is 16.3 Å². The monoisotopic (exact) mass is 472 g/mol. The minimum atomic E-state index is -0.629. The quantitative estimate of drug-likeness (QED) is 0.449. The van der Waals surface area contributed by atoms with E-state index >= 15 is 0 Å². The van der Waals surface area contributed by atoms with E-state index in [0.29, 0.717) is 16.9 Å². The second-order valence-corrected chi connectivity index (χ2v) is 9.77. The van der Waals surface area contributed by atoms with Crippen molar-refractivity contribution in [1.29, 1.82) is 0 Å². The molecule has 7 heteroatoms. The highest BCUT2D eigenvalue weighted by Crippen LogP contribution is 2.27. The van der Waals surface area contributed by atoms with E-state index in [0.717, 1.165) is 42.9 Å². The number of carbonyl (C=O) groups is 2. The summed E-state index contributed by atoms with van der Waals surface area (Å²) in [5, 5.41) is 2.80. The maximum atomic E-state index is 13.2. The van der Waals surface area contributed by atoms with Crippen LogP contribution < -0.4 is 10.2 Å². The number of carbonyl (C=O) groups excluding carboxylic acids is 2. The highest BCUT2D eigenvalue weighted by atomic mass is 16.6. The Labute approximate surface area is 206 Å². The summed E-state index contributed by atoms with van der Waals surface area (Å²) in [5.74, 6) is 0.639. The Morgan fingerprint density at radius 3 is 2.34 bits per heavy atom. The standard InChI is InChI=1S/C28H32N4O3/c1-28(2,3)35-27(34)31-23-13-12-21(20-10-6-4-7-11-20)16-22(23)17-25(33)24-18-30-26(19-29-24)32-14-8-5-9-15-32/h4,6-7,10-13,16,18-19H,5,8-9,14-15,17H2,1-3H3,(H,31,34). The highest BCUT2D eigenvalue weighted by molar-refractivity contribution is 5.97. The fourth-order valence-corrected chi connectivity index (χ4v) is 4.10. The Balaban J connectivity index is 1.56. The molecule has 1 aliphatic rings. The second kappa shape index (κ2) is 10.7. The molecule has 0 unspecified atom stereocenters. The molecule has 1 saturated heterocycles. The van der Waals surface area contributed by atoms with Gasteiger partial charge in [-0.05, 0) is 68.9 Å². The van der Waals surface area contributed by atoms with Crippen LogP contribution in [-0.4, -0.2) is 40.5 Å². The lowest BCUT2D eigenvalue weighted by atomic mass is 9.98. The molecule has 1 aliphatic heterocycles. The fraction of sp³-hybridized carbons (Fsp3) is 0.357. The molecule has 4 rings (SSSR count). The minimum absolute atomic E-state index is 0.0730. The van der Waals surface area contributed by atoms with E-state index in [9.17, 15) is 9.59 Å². The molecule has 7 nitrogen and oxygen atoms in total. The summed E-state index contributed by atoms with van der Waals surface area (Å²) in [6.07, 6.45) is 6.27. The Kier molecular flexibility index (Phi) is 7.44. The molecule has 2 aromatic carbocycles. The first-order chi connectivity index (χ1) is 16.8. The van der Waals surface area contributed by atoms with Crippen molar-refractivity contribution in [2.45, 2.75) is 52.1 Å². The van der Waals surface area contributed by atoms with Gasteiger partial charge in [0.1, 0.15) is 17.1 Å². The number of amides is 1. The van der Waals surface area contributed by atoms with Crippen LogP contribution in [0.25, 0.3) is 11.1 Å². The van der Waals surface area contributed by atoms with Gasteiger partial charge in [0, 0.05) is 25.2 Å². The van der Waals surface area contributed by atoms with Gasteiger partial charge in [-0.1, -0.05) is 36.4 Å². The Bertz CT molecular complexity index is 1170. The maximum Gasteiger partial charge on any atom is 0.412 e.